The van der Waals surface area contributed by atoms with Crippen LogP contribution in [0.1, 0.15) is 33.6 Å². The van der Waals surface area contributed by atoms with Crippen LogP contribution < -0.4 is 0 Å². The maximum atomic E-state index is 9.44. The van der Waals surface area contributed by atoms with Crippen molar-refractivity contribution >= 4 is 0 Å². The van der Waals surface area contributed by atoms with Gasteiger partial charge in [-0.2, -0.15) is 0 Å². The summed E-state index contributed by atoms with van der Waals surface area (Å²) in [6, 6.07) is 0. The Balaban J connectivity index is 3.87. The molecule has 1 atom stereocenters. The molecule has 0 rings (SSSR count). The van der Waals surface area contributed by atoms with Gasteiger partial charge in [-0.15, -0.1) is 0 Å². The predicted octanol–water partition coefficient (Wildman–Crippen LogP) is 1.72. The van der Waals surface area contributed by atoms with Gasteiger partial charge >= 0.3 is 0 Å². The fraction of sp³-hybridized carbons (Fsp3) is 0.800. The van der Waals surface area contributed by atoms with Crippen molar-refractivity contribution in [2.45, 2.75) is 39.7 Å². The van der Waals surface area contributed by atoms with E-state index < -0.39 is 0 Å². The molecule has 72 valence electrons. The molecule has 1 unspecified atom stereocenters. The van der Waals surface area contributed by atoms with Gasteiger partial charge < -0.3 is 10.2 Å². The highest BCUT2D eigenvalue weighted by Crippen LogP contribution is 2.26. The maximum absolute atomic E-state index is 9.44. The Hall–Kier alpha value is -0.340. The summed E-state index contributed by atoms with van der Waals surface area (Å²) >= 11 is 0. The quantitative estimate of drug-likeness (QED) is 0.620. The normalized spacial score (nSPS) is 15.4. The van der Waals surface area contributed by atoms with E-state index in [9.17, 15) is 5.11 Å². The van der Waals surface area contributed by atoms with Gasteiger partial charge in [0.05, 0.1) is 6.10 Å². The fourth-order valence-corrected chi connectivity index (χ4v) is 1.26. The number of allylic oxidation sites excluding steroid dienone is 1. The third-order valence-corrected chi connectivity index (χ3v) is 1.96. The molecule has 2 nitrogen and oxygen atoms in total. The van der Waals surface area contributed by atoms with E-state index in [0.717, 1.165) is 6.42 Å². The Labute approximate surface area is 74.9 Å². The van der Waals surface area contributed by atoms with E-state index in [1.165, 1.54) is 0 Å². The standard InChI is InChI=1S/C10H20O2/c1-4-5-9(12)8-10(2,3)6-7-11/h4-5,9,11-12H,6-8H2,1-3H3. The van der Waals surface area contributed by atoms with E-state index in [-0.39, 0.29) is 18.1 Å². The van der Waals surface area contributed by atoms with Gasteiger partial charge in [0.25, 0.3) is 0 Å². The van der Waals surface area contributed by atoms with Crippen molar-refractivity contribution in [1.82, 2.24) is 0 Å². The van der Waals surface area contributed by atoms with Gasteiger partial charge in [-0.05, 0) is 25.2 Å². The SMILES string of the molecule is CC=CC(O)CC(C)(C)CCO. The summed E-state index contributed by atoms with van der Waals surface area (Å²) < 4.78 is 0. The molecule has 0 aromatic heterocycles. The topological polar surface area (TPSA) is 40.5 Å². The van der Waals surface area contributed by atoms with Crippen molar-refractivity contribution in [2.24, 2.45) is 5.41 Å². The molecule has 0 aliphatic heterocycles. The van der Waals surface area contributed by atoms with Gasteiger partial charge in [-0.3, -0.25) is 0 Å². The lowest BCUT2D eigenvalue weighted by Crippen LogP contribution is -2.20. The summed E-state index contributed by atoms with van der Waals surface area (Å²) in [6.07, 6.45) is 4.69. The Bertz CT molecular complexity index is 139. The van der Waals surface area contributed by atoms with Crippen molar-refractivity contribution in [3.8, 4) is 0 Å². The number of aliphatic hydroxyl groups is 2. The lowest BCUT2D eigenvalue weighted by molar-refractivity contribution is 0.127. The molecule has 0 radical (unpaired) electrons. The van der Waals surface area contributed by atoms with Gasteiger partial charge in [0.1, 0.15) is 0 Å². The van der Waals surface area contributed by atoms with Gasteiger partial charge in [-0.25, -0.2) is 0 Å². The van der Waals surface area contributed by atoms with Crippen LogP contribution in [0.2, 0.25) is 0 Å². The zero-order valence-corrected chi connectivity index (χ0v) is 8.25. The van der Waals surface area contributed by atoms with Gasteiger partial charge in [0, 0.05) is 6.61 Å². The predicted molar refractivity (Wildman–Crippen MR) is 50.9 cm³/mol. The van der Waals surface area contributed by atoms with Crippen LogP contribution in [0.5, 0.6) is 0 Å². The Morgan fingerprint density at radius 3 is 2.42 bits per heavy atom. The van der Waals surface area contributed by atoms with Gasteiger partial charge in [-0.1, -0.05) is 26.0 Å². The van der Waals surface area contributed by atoms with Gasteiger partial charge in [0.15, 0.2) is 0 Å². The first-order valence-electron chi connectivity index (χ1n) is 4.43. The molecule has 0 heterocycles. The van der Waals surface area contributed by atoms with E-state index in [4.69, 9.17) is 5.11 Å². The van der Waals surface area contributed by atoms with Crippen LogP contribution in [0.4, 0.5) is 0 Å². The summed E-state index contributed by atoms with van der Waals surface area (Å²) in [5.74, 6) is 0. The van der Waals surface area contributed by atoms with Crippen molar-refractivity contribution in [2.75, 3.05) is 6.61 Å². The molecular formula is C10H20O2. The van der Waals surface area contributed by atoms with E-state index in [2.05, 4.69) is 13.8 Å². The number of hydrogen-bond donors (Lipinski definition) is 2. The average Bonchev–Trinajstić information content (AvgIpc) is 1.85. The summed E-state index contributed by atoms with van der Waals surface area (Å²) in [5, 5.41) is 18.2. The van der Waals surface area contributed by atoms with E-state index >= 15 is 0 Å². The Kier molecular flexibility index (Phi) is 5.18. The van der Waals surface area contributed by atoms with Crippen LogP contribution in [0.15, 0.2) is 12.2 Å². The first-order chi connectivity index (χ1) is 5.52. The summed E-state index contributed by atoms with van der Waals surface area (Å²) in [7, 11) is 0. The number of aliphatic hydroxyl groups excluding tert-OH is 2. The van der Waals surface area contributed by atoms with Crippen molar-refractivity contribution < 1.29 is 10.2 Å². The third-order valence-electron chi connectivity index (χ3n) is 1.96. The molecule has 0 aromatic carbocycles. The first-order valence-corrected chi connectivity index (χ1v) is 4.43. The molecule has 0 saturated heterocycles. The van der Waals surface area contributed by atoms with Crippen molar-refractivity contribution in [3.05, 3.63) is 12.2 Å². The molecule has 2 heteroatoms. The smallest absolute Gasteiger partial charge is 0.0725 e. The molecule has 0 bridgehead atoms. The van der Waals surface area contributed by atoms with Crippen molar-refractivity contribution in [3.63, 3.8) is 0 Å². The van der Waals surface area contributed by atoms with Gasteiger partial charge in [0.2, 0.25) is 0 Å². The molecule has 12 heavy (non-hydrogen) atoms. The molecule has 0 aliphatic rings. The molecule has 0 fully saturated rings. The summed E-state index contributed by atoms with van der Waals surface area (Å²) in [5.41, 5.74) is 0.0215. The largest absolute Gasteiger partial charge is 0.396 e. The zero-order valence-electron chi connectivity index (χ0n) is 8.25. The van der Waals surface area contributed by atoms with Crippen LogP contribution in [0, 0.1) is 5.41 Å². The van der Waals surface area contributed by atoms with E-state index in [1.807, 2.05) is 13.0 Å². The minimum Gasteiger partial charge on any atom is -0.396 e. The number of rotatable bonds is 5. The monoisotopic (exact) mass is 172 g/mol. The second-order valence-corrected chi connectivity index (χ2v) is 3.94. The average molecular weight is 172 g/mol. The fourth-order valence-electron chi connectivity index (χ4n) is 1.26. The third kappa shape index (κ3) is 5.33. The lowest BCUT2D eigenvalue weighted by atomic mass is 9.83. The van der Waals surface area contributed by atoms with Crippen LogP contribution in [-0.4, -0.2) is 22.9 Å². The van der Waals surface area contributed by atoms with E-state index in [0.29, 0.717) is 6.42 Å². The molecule has 0 saturated carbocycles. The minimum absolute atomic E-state index is 0.0215. The van der Waals surface area contributed by atoms with Crippen LogP contribution >= 0.6 is 0 Å². The Morgan fingerprint density at radius 1 is 1.42 bits per heavy atom. The lowest BCUT2D eigenvalue weighted by Gasteiger charge is -2.25. The van der Waals surface area contributed by atoms with Crippen LogP contribution in [-0.2, 0) is 0 Å². The second kappa shape index (κ2) is 5.33. The summed E-state index contributed by atoms with van der Waals surface area (Å²) in [6.45, 7) is 6.18. The molecular weight excluding hydrogens is 152 g/mol. The van der Waals surface area contributed by atoms with E-state index in [1.54, 1.807) is 6.08 Å². The summed E-state index contributed by atoms with van der Waals surface area (Å²) in [4.78, 5) is 0. The highest BCUT2D eigenvalue weighted by molar-refractivity contribution is 4.88. The molecule has 0 aromatic rings. The van der Waals surface area contributed by atoms with Crippen LogP contribution in [0.25, 0.3) is 0 Å². The highest BCUT2D eigenvalue weighted by atomic mass is 16.3. The Morgan fingerprint density at radius 2 is 2.00 bits per heavy atom. The maximum Gasteiger partial charge on any atom is 0.0725 e. The molecule has 2 N–H and O–H groups in total. The minimum atomic E-state index is -0.378. The number of hydrogen-bond acceptors (Lipinski definition) is 2. The first kappa shape index (κ1) is 11.7. The molecule has 0 amide bonds. The van der Waals surface area contributed by atoms with Crippen molar-refractivity contribution in [1.29, 1.82) is 0 Å². The molecule has 0 spiro atoms. The second-order valence-electron chi connectivity index (χ2n) is 3.94. The highest BCUT2D eigenvalue weighted by Gasteiger charge is 2.19. The zero-order chi connectivity index (χ0) is 9.61. The van der Waals surface area contributed by atoms with Crippen LogP contribution in [0.3, 0.4) is 0 Å². The molecule has 0 aliphatic carbocycles.